The fourth-order valence-electron chi connectivity index (χ4n) is 6.32. The van der Waals surface area contributed by atoms with E-state index in [9.17, 15) is 17.6 Å². The Morgan fingerprint density at radius 1 is 1.12 bits per heavy atom. The summed E-state index contributed by atoms with van der Waals surface area (Å²) in [5.41, 5.74) is 3.02. The topological polar surface area (TPSA) is 136 Å². The van der Waals surface area contributed by atoms with Crippen LogP contribution in [0, 0.1) is 12.7 Å². The number of aromatic nitrogens is 4. The van der Waals surface area contributed by atoms with Crippen LogP contribution in [0.4, 0.5) is 21.7 Å². The third-order valence-corrected chi connectivity index (χ3v) is 9.71. The van der Waals surface area contributed by atoms with E-state index in [4.69, 9.17) is 0 Å². The number of piperidine rings is 2. The zero-order valence-corrected chi connectivity index (χ0v) is 25.4. The molecule has 2 aromatic carbocycles. The average molecular weight is 607 g/mol. The number of carbonyl (C=O) groups excluding carboxylic acids is 1. The molecule has 3 atom stereocenters. The highest BCUT2D eigenvalue weighted by molar-refractivity contribution is 7.90. The number of amides is 1. The second-order valence-corrected chi connectivity index (χ2v) is 13.5. The molecule has 2 bridgehead atoms. The number of para-hydroxylation sites is 1. The van der Waals surface area contributed by atoms with Crippen LogP contribution in [0.25, 0.3) is 22.3 Å². The number of likely N-dealkylation sites (N-methyl/N-ethyl adjacent to an activating group) is 1. The average Bonchev–Trinajstić information content (AvgIpc) is 3.40. The Morgan fingerprint density at radius 2 is 1.86 bits per heavy atom. The Balaban J connectivity index is 1.27. The summed E-state index contributed by atoms with van der Waals surface area (Å²) in [6, 6.07) is 10.3. The molecule has 4 aromatic rings. The minimum Gasteiger partial charge on any atom is -0.323 e. The summed E-state index contributed by atoms with van der Waals surface area (Å²) < 4.78 is 38.9. The van der Waals surface area contributed by atoms with Gasteiger partial charge in [0.2, 0.25) is 11.9 Å². The first-order chi connectivity index (χ1) is 20.5. The normalized spacial score (nSPS) is 19.9. The molecule has 3 aliphatic rings. The number of aromatic amines is 1. The zero-order valence-electron chi connectivity index (χ0n) is 24.6. The van der Waals surface area contributed by atoms with E-state index in [1.54, 1.807) is 6.20 Å². The molecular weight excluding hydrogens is 571 g/mol. The van der Waals surface area contributed by atoms with Gasteiger partial charge in [-0.2, -0.15) is 5.10 Å². The molecule has 2 aromatic heterocycles. The molecule has 0 spiro atoms. The Hall–Kier alpha value is -3.94. The van der Waals surface area contributed by atoms with Crippen LogP contribution >= 0.6 is 0 Å². The van der Waals surface area contributed by atoms with E-state index < -0.39 is 20.5 Å². The maximum Gasteiger partial charge on any atom is 0.241 e. The predicted molar refractivity (Wildman–Crippen MR) is 164 cm³/mol. The highest BCUT2D eigenvalue weighted by Gasteiger charge is 2.41. The molecule has 5 heterocycles. The van der Waals surface area contributed by atoms with Gasteiger partial charge in [0.05, 0.1) is 28.6 Å². The summed E-state index contributed by atoms with van der Waals surface area (Å²) in [4.78, 5) is 26.8. The highest BCUT2D eigenvalue weighted by Crippen LogP contribution is 2.34. The summed E-state index contributed by atoms with van der Waals surface area (Å²) in [5.74, 6) is -0.862. The van der Waals surface area contributed by atoms with Gasteiger partial charge in [-0.1, -0.05) is 25.1 Å². The van der Waals surface area contributed by atoms with E-state index in [2.05, 4.69) is 54.6 Å². The van der Waals surface area contributed by atoms with E-state index in [-0.39, 0.29) is 23.6 Å². The molecule has 0 radical (unpaired) electrons. The lowest BCUT2D eigenvalue weighted by Gasteiger charge is -2.52. The van der Waals surface area contributed by atoms with E-state index in [0.29, 0.717) is 41.1 Å². The van der Waals surface area contributed by atoms with Crippen molar-refractivity contribution < 1.29 is 17.6 Å². The number of benzene rings is 2. The SMILES string of the molecule is CC[C@H](C(=O)Nc1cccc2c(-c3nc(Nc4cccc(S(C)(=O)=O)c4F)ncc3C)n[nH]c12)N1CC2CCC1CN2C. The molecule has 7 rings (SSSR count). The number of hydrogen-bond acceptors (Lipinski definition) is 9. The van der Waals surface area contributed by atoms with Crippen LogP contribution in [0.5, 0.6) is 0 Å². The molecule has 1 amide bonds. The molecule has 3 saturated heterocycles. The minimum absolute atomic E-state index is 0.0376. The lowest BCUT2D eigenvalue weighted by molar-refractivity contribution is -0.126. The number of hydrogen-bond donors (Lipinski definition) is 3. The highest BCUT2D eigenvalue weighted by atomic mass is 32.2. The number of piperazine rings is 1. The smallest absolute Gasteiger partial charge is 0.241 e. The van der Waals surface area contributed by atoms with Crippen LogP contribution in [0.1, 0.15) is 31.7 Å². The lowest BCUT2D eigenvalue weighted by Crippen LogP contribution is -2.65. The number of anilines is 3. The summed E-state index contributed by atoms with van der Waals surface area (Å²) in [7, 11) is -1.59. The monoisotopic (exact) mass is 606 g/mol. The van der Waals surface area contributed by atoms with Crippen molar-refractivity contribution in [3.63, 3.8) is 0 Å². The first kappa shape index (κ1) is 29.1. The van der Waals surface area contributed by atoms with Gasteiger partial charge in [-0.3, -0.25) is 14.8 Å². The number of carbonyl (C=O) groups is 1. The van der Waals surface area contributed by atoms with E-state index in [1.807, 2.05) is 25.1 Å². The maximum absolute atomic E-state index is 15.0. The Labute approximate surface area is 249 Å². The molecule has 0 aliphatic carbocycles. The van der Waals surface area contributed by atoms with Gasteiger partial charge in [0.25, 0.3) is 0 Å². The van der Waals surface area contributed by atoms with Crippen LogP contribution in [0.3, 0.4) is 0 Å². The minimum atomic E-state index is -3.76. The third-order valence-electron chi connectivity index (χ3n) is 8.60. The zero-order chi connectivity index (χ0) is 30.5. The Bertz CT molecular complexity index is 1810. The van der Waals surface area contributed by atoms with Gasteiger partial charge < -0.3 is 15.5 Å². The number of fused-ring (bicyclic) bond motifs is 4. The fraction of sp³-hybridized carbons (Fsp3) is 0.400. The summed E-state index contributed by atoms with van der Waals surface area (Å²) in [6.07, 6.45) is 5.54. The standard InChI is InChI=1S/C30H35FN8O3S/c1-5-23(39-16-18-12-13-19(39)15-38(18)3)29(40)33-22-10-6-8-20-27(22)36-37-28(20)26-17(2)14-32-30(35-26)34-21-9-7-11-24(25(21)31)43(4,41)42/h6-11,14,18-19,23H,5,12-13,15-16H2,1-4H3,(H,33,40)(H,36,37)(H,32,34,35)/t18?,19?,23-/m1/s1. The van der Waals surface area contributed by atoms with Crippen molar-refractivity contribution in [3.05, 3.63) is 54.0 Å². The molecule has 13 heteroatoms. The molecule has 3 N–H and O–H groups in total. The maximum atomic E-state index is 15.0. The second kappa shape index (κ2) is 11.3. The molecule has 11 nitrogen and oxygen atoms in total. The van der Waals surface area contributed by atoms with Crippen molar-refractivity contribution in [3.8, 4) is 11.4 Å². The number of nitrogens with one attached hydrogen (secondary N) is 3. The number of halogens is 1. The Morgan fingerprint density at radius 3 is 2.56 bits per heavy atom. The van der Waals surface area contributed by atoms with Gasteiger partial charge in [0, 0.05) is 43.0 Å². The van der Waals surface area contributed by atoms with Crippen molar-refractivity contribution in [2.45, 2.75) is 56.1 Å². The first-order valence-electron chi connectivity index (χ1n) is 14.4. The predicted octanol–water partition coefficient (Wildman–Crippen LogP) is 4.11. The largest absolute Gasteiger partial charge is 0.323 e. The van der Waals surface area contributed by atoms with E-state index >= 15 is 0 Å². The van der Waals surface area contributed by atoms with Crippen LogP contribution in [-0.4, -0.2) is 88.8 Å². The number of nitrogens with zero attached hydrogens (tertiary/aromatic N) is 5. The molecule has 226 valence electrons. The number of rotatable bonds is 8. The van der Waals surface area contributed by atoms with Gasteiger partial charge in [-0.05, 0) is 57.0 Å². The molecule has 3 fully saturated rings. The number of aryl methyl sites for hydroxylation is 1. The quantitative estimate of drug-likeness (QED) is 0.271. The molecule has 43 heavy (non-hydrogen) atoms. The molecular formula is C30H35FN8O3S. The van der Waals surface area contributed by atoms with E-state index in [1.165, 1.54) is 24.6 Å². The second-order valence-electron chi connectivity index (χ2n) is 11.5. The number of sulfone groups is 1. The van der Waals surface area contributed by atoms with Gasteiger partial charge >= 0.3 is 0 Å². The van der Waals surface area contributed by atoms with Crippen LogP contribution in [0.2, 0.25) is 0 Å². The van der Waals surface area contributed by atoms with Crippen molar-refractivity contribution in [2.24, 2.45) is 0 Å². The van der Waals surface area contributed by atoms with Crippen molar-refractivity contribution in [1.29, 1.82) is 0 Å². The molecule has 2 unspecified atom stereocenters. The lowest BCUT2D eigenvalue weighted by atomic mass is 9.89. The fourth-order valence-corrected chi connectivity index (χ4v) is 7.08. The van der Waals surface area contributed by atoms with Crippen LogP contribution in [0.15, 0.2) is 47.5 Å². The molecule has 3 aliphatic heterocycles. The van der Waals surface area contributed by atoms with Crippen molar-refractivity contribution in [2.75, 3.05) is 37.0 Å². The third kappa shape index (κ3) is 5.48. The molecule has 0 saturated carbocycles. The van der Waals surface area contributed by atoms with Gasteiger partial charge in [0.15, 0.2) is 15.7 Å². The summed E-state index contributed by atoms with van der Waals surface area (Å²) in [5, 5.41) is 14.3. The van der Waals surface area contributed by atoms with Crippen LogP contribution < -0.4 is 10.6 Å². The summed E-state index contributed by atoms with van der Waals surface area (Å²) >= 11 is 0. The number of H-pyrrole nitrogens is 1. The van der Waals surface area contributed by atoms with Gasteiger partial charge in [-0.15, -0.1) is 0 Å². The summed E-state index contributed by atoms with van der Waals surface area (Å²) in [6.45, 7) is 5.78. The van der Waals surface area contributed by atoms with Crippen LogP contribution in [-0.2, 0) is 14.6 Å². The van der Waals surface area contributed by atoms with Crippen molar-refractivity contribution >= 4 is 44.0 Å². The van der Waals surface area contributed by atoms with Gasteiger partial charge in [-0.25, -0.2) is 22.8 Å². The Kier molecular flexibility index (Phi) is 7.65. The van der Waals surface area contributed by atoms with E-state index in [0.717, 1.165) is 36.7 Å². The van der Waals surface area contributed by atoms with Gasteiger partial charge in [0.1, 0.15) is 10.6 Å². The van der Waals surface area contributed by atoms with Crippen molar-refractivity contribution in [1.82, 2.24) is 30.0 Å². The first-order valence-corrected chi connectivity index (χ1v) is 16.3.